The van der Waals surface area contributed by atoms with Crippen LogP contribution in [0.3, 0.4) is 0 Å². The minimum Gasteiger partial charge on any atom is -0.373 e. The maximum Gasteiger partial charge on any atom is 0.243 e. The molecule has 1 heterocycles. The molecule has 29 heavy (non-hydrogen) atoms. The Kier molecular flexibility index (Phi) is 5.99. The molecule has 5 heteroatoms. The third kappa shape index (κ3) is 4.08. The van der Waals surface area contributed by atoms with Crippen molar-refractivity contribution in [3.05, 3.63) is 71.3 Å². The second-order valence-corrected chi connectivity index (χ2v) is 8.29. The van der Waals surface area contributed by atoms with Crippen molar-refractivity contribution in [3.63, 3.8) is 0 Å². The van der Waals surface area contributed by atoms with E-state index in [0.717, 1.165) is 25.8 Å². The van der Waals surface area contributed by atoms with Gasteiger partial charge in [0.25, 0.3) is 0 Å². The summed E-state index contributed by atoms with van der Waals surface area (Å²) in [5.74, 6) is 0.214. The van der Waals surface area contributed by atoms with Crippen LogP contribution in [0.2, 0.25) is 0 Å². The van der Waals surface area contributed by atoms with Crippen molar-refractivity contribution in [1.29, 1.82) is 0 Å². The van der Waals surface area contributed by atoms with Crippen LogP contribution >= 0.6 is 0 Å². The Morgan fingerprint density at radius 3 is 2.45 bits per heavy atom. The van der Waals surface area contributed by atoms with Gasteiger partial charge in [0.1, 0.15) is 5.54 Å². The number of carbonyl (C=O) groups excluding carboxylic acids is 1. The number of likely N-dealkylation sites (N-methyl/N-ethyl adjacent to an activating group) is 1. The summed E-state index contributed by atoms with van der Waals surface area (Å²) in [5.41, 5.74) is 9.16. The summed E-state index contributed by atoms with van der Waals surface area (Å²) in [6.07, 6.45) is 2.39. The van der Waals surface area contributed by atoms with E-state index in [9.17, 15) is 4.79 Å². The van der Waals surface area contributed by atoms with E-state index >= 15 is 0 Å². The van der Waals surface area contributed by atoms with Crippen LogP contribution in [-0.2, 0) is 28.8 Å². The fourth-order valence-corrected chi connectivity index (χ4v) is 4.68. The molecule has 1 amide bonds. The quantitative estimate of drug-likeness (QED) is 0.814. The van der Waals surface area contributed by atoms with E-state index in [-0.39, 0.29) is 12.0 Å². The average molecular weight is 394 g/mol. The van der Waals surface area contributed by atoms with E-state index < -0.39 is 5.54 Å². The van der Waals surface area contributed by atoms with Gasteiger partial charge in [-0.1, -0.05) is 54.6 Å². The first-order chi connectivity index (χ1) is 14.1. The first-order valence-corrected chi connectivity index (χ1v) is 10.6. The lowest BCUT2D eigenvalue weighted by molar-refractivity contribution is -0.150. The van der Waals surface area contributed by atoms with Crippen molar-refractivity contribution in [2.24, 2.45) is 5.73 Å². The third-order valence-corrected chi connectivity index (χ3v) is 6.48. The minimum atomic E-state index is -0.533. The molecule has 4 rings (SSSR count). The molecule has 2 aliphatic rings. The van der Waals surface area contributed by atoms with Gasteiger partial charge in [0, 0.05) is 39.0 Å². The van der Waals surface area contributed by atoms with E-state index in [1.165, 1.54) is 16.7 Å². The van der Waals surface area contributed by atoms with E-state index in [4.69, 9.17) is 10.5 Å². The van der Waals surface area contributed by atoms with E-state index in [1.807, 2.05) is 11.0 Å². The zero-order valence-corrected chi connectivity index (χ0v) is 17.2. The summed E-state index contributed by atoms with van der Waals surface area (Å²) in [6.45, 7) is 3.07. The summed E-state index contributed by atoms with van der Waals surface area (Å²) in [6, 6.07) is 19.0. The monoisotopic (exact) mass is 393 g/mol. The molecular weight excluding hydrogens is 362 g/mol. The first-order valence-electron chi connectivity index (χ1n) is 10.6. The summed E-state index contributed by atoms with van der Waals surface area (Å²) in [5, 5.41) is 0. The number of hydrogen-bond donors (Lipinski definition) is 1. The number of nitrogens with zero attached hydrogens (tertiary/aromatic N) is 2. The zero-order chi connectivity index (χ0) is 20.3. The molecule has 1 aliphatic carbocycles. The van der Waals surface area contributed by atoms with Crippen LogP contribution in [0.25, 0.3) is 0 Å². The second-order valence-electron chi connectivity index (χ2n) is 8.29. The van der Waals surface area contributed by atoms with Crippen LogP contribution in [0.1, 0.15) is 16.7 Å². The lowest BCUT2D eigenvalue weighted by Gasteiger charge is -2.43. The molecule has 0 radical (unpaired) electrons. The highest BCUT2D eigenvalue weighted by Gasteiger charge is 2.49. The van der Waals surface area contributed by atoms with Crippen LogP contribution in [-0.4, -0.2) is 67.2 Å². The molecule has 1 aliphatic heterocycles. The molecule has 2 N–H and O–H groups in total. The van der Waals surface area contributed by atoms with Gasteiger partial charge in [0.05, 0.1) is 12.7 Å². The van der Waals surface area contributed by atoms with E-state index in [0.29, 0.717) is 26.2 Å². The standard InChI is InChI=1S/C24H31N3O2/c1-26(12-11-19-7-3-2-4-8-19)24(15-20-9-5-6-10-21(20)16-24)23(28)27-13-14-29-22(17-25)18-27/h2-10,22H,11-18,25H2,1H3. The van der Waals surface area contributed by atoms with Crippen molar-refractivity contribution >= 4 is 5.91 Å². The SMILES string of the molecule is CN(CCc1ccccc1)C1(C(=O)N2CCOC(CN)C2)Cc2ccccc2C1. The number of ether oxygens (including phenoxy) is 1. The molecule has 0 aromatic heterocycles. The van der Waals surface area contributed by atoms with Crippen LogP contribution in [0, 0.1) is 0 Å². The average Bonchev–Trinajstić information content (AvgIpc) is 3.18. The van der Waals surface area contributed by atoms with Crippen molar-refractivity contribution in [2.75, 3.05) is 39.8 Å². The van der Waals surface area contributed by atoms with E-state index in [2.05, 4.69) is 60.5 Å². The van der Waals surface area contributed by atoms with Crippen molar-refractivity contribution in [2.45, 2.75) is 30.9 Å². The fourth-order valence-electron chi connectivity index (χ4n) is 4.68. The van der Waals surface area contributed by atoms with Gasteiger partial charge in [-0.05, 0) is 30.2 Å². The van der Waals surface area contributed by atoms with Gasteiger partial charge in [-0.2, -0.15) is 0 Å². The number of fused-ring (bicyclic) bond motifs is 1. The Hall–Kier alpha value is -2.21. The predicted octanol–water partition coefficient (Wildman–Crippen LogP) is 1.88. The van der Waals surface area contributed by atoms with Gasteiger partial charge in [0.2, 0.25) is 5.91 Å². The number of rotatable bonds is 6. The summed E-state index contributed by atoms with van der Waals surface area (Å²) in [7, 11) is 2.10. The van der Waals surface area contributed by atoms with E-state index in [1.54, 1.807) is 0 Å². The number of amides is 1. The van der Waals surface area contributed by atoms with Crippen LogP contribution in [0.5, 0.6) is 0 Å². The Balaban J connectivity index is 1.57. The minimum absolute atomic E-state index is 0.0665. The van der Waals surface area contributed by atoms with Crippen LogP contribution < -0.4 is 5.73 Å². The smallest absolute Gasteiger partial charge is 0.243 e. The Bertz CT molecular complexity index is 814. The normalized spacial score (nSPS) is 20.7. The molecule has 1 unspecified atom stereocenters. The van der Waals surface area contributed by atoms with Gasteiger partial charge < -0.3 is 15.4 Å². The number of benzene rings is 2. The molecular formula is C24H31N3O2. The molecule has 1 saturated heterocycles. The van der Waals surface area contributed by atoms with Crippen LogP contribution in [0.15, 0.2) is 54.6 Å². The molecule has 2 aromatic carbocycles. The van der Waals surface area contributed by atoms with Gasteiger partial charge in [-0.15, -0.1) is 0 Å². The zero-order valence-electron chi connectivity index (χ0n) is 17.2. The van der Waals surface area contributed by atoms with Crippen LogP contribution in [0.4, 0.5) is 0 Å². The molecule has 0 saturated carbocycles. The Labute approximate surface area is 173 Å². The molecule has 1 fully saturated rings. The first kappa shape index (κ1) is 20.1. The molecule has 1 atom stereocenters. The molecule has 0 spiro atoms. The number of hydrogen-bond acceptors (Lipinski definition) is 4. The lowest BCUT2D eigenvalue weighted by Crippen LogP contribution is -2.62. The number of nitrogens with two attached hydrogens (primary N) is 1. The number of carbonyl (C=O) groups is 1. The molecule has 5 nitrogen and oxygen atoms in total. The largest absolute Gasteiger partial charge is 0.373 e. The molecule has 154 valence electrons. The van der Waals surface area contributed by atoms with Crippen molar-refractivity contribution in [1.82, 2.24) is 9.80 Å². The Morgan fingerprint density at radius 1 is 1.14 bits per heavy atom. The topological polar surface area (TPSA) is 58.8 Å². The predicted molar refractivity (Wildman–Crippen MR) is 115 cm³/mol. The Morgan fingerprint density at radius 2 is 1.79 bits per heavy atom. The maximum absolute atomic E-state index is 13.9. The van der Waals surface area contributed by atoms with Gasteiger partial charge in [-0.25, -0.2) is 0 Å². The highest BCUT2D eigenvalue weighted by molar-refractivity contribution is 5.88. The summed E-state index contributed by atoms with van der Waals surface area (Å²) >= 11 is 0. The molecule has 0 bridgehead atoms. The van der Waals surface area contributed by atoms with Crippen molar-refractivity contribution < 1.29 is 9.53 Å². The van der Waals surface area contributed by atoms with Gasteiger partial charge in [0.15, 0.2) is 0 Å². The van der Waals surface area contributed by atoms with Gasteiger partial charge in [-0.3, -0.25) is 9.69 Å². The third-order valence-electron chi connectivity index (χ3n) is 6.48. The second kappa shape index (κ2) is 8.66. The van der Waals surface area contributed by atoms with Crippen molar-refractivity contribution in [3.8, 4) is 0 Å². The van der Waals surface area contributed by atoms with Gasteiger partial charge >= 0.3 is 0 Å². The highest BCUT2D eigenvalue weighted by Crippen LogP contribution is 2.36. The maximum atomic E-state index is 13.9. The highest BCUT2D eigenvalue weighted by atomic mass is 16.5. The summed E-state index contributed by atoms with van der Waals surface area (Å²) in [4.78, 5) is 18.2. The fraction of sp³-hybridized carbons (Fsp3) is 0.458. The molecule has 2 aromatic rings. The number of morpholine rings is 1. The lowest BCUT2D eigenvalue weighted by atomic mass is 9.90. The summed E-state index contributed by atoms with van der Waals surface area (Å²) < 4.78 is 5.70.